The van der Waals surface area contributed by atoms with Crippen molar-refractivity contribution >= 4 is 22.2 Å². The van der Waals surface area contributed by atoms with Crippen molar-refractivity contribution in [1.82, 2.24) is 14.3 Å². The number of phenols is 1. The van der Waals surface area contributed by atoms with Gasteiger partial charge in [0, 0.05) is 36.8 Å². The van der Waals surface area contributed by atoms with Gasteiger partial charge in [-0.25, -0.2) is 4.98 Å². The molecule has 1 amide bonds. The van der Waals surface area contributed by atoms with Gasteiger partial charge in [0.25, 0.3) is 11.5 Å². The van der Waals surface area contributed by atoms with Gasteiger partial charge in [0.05, 0.1) is 0 Å². The molecule has 0 unspecified atom stereocenters. The molecule has 1 aliphatic heterocycles. The SMILES string of the molecule is O=C(c1cnc2sc(Cc3ccccc3)cn2c1=O)N1CCC(c2ccc(O)cc2)CC1. The van der Waals surface area contributed by atoms with Crippen molar-refractivity contribution in [3.8, 4) is 5.75 Å². The molecule has 1 saturated heterocycles. The number of benzene rings is 2. The Balaban J connectivity index is 1.32. The monoisotopic (exact) mass is 445 g/mol. The molecule has 32 heavy (non-hydrogen) atoms. The van der Waals surface area contributed by atoms with E-state index in [1.54, 1.807) is 23.2 Å². The molecule has 1 fully saturated rings. The lowest BCUT2D eigenvalue weighted by Gasteiger charge is -2.32. The largest absolute Gasteiger partial charge is 0.508 e. The van der Waals surface area contributed by atoms with Gasteiger partial charge in [-0.15, -0.1) is 11.3 Å². The quantitative estimate of drug-likeness (QED) is 0.514. The van der Waals surface area contributed by atoms with Crippen LogP contribution in [0, 0.1) is 0 Å². The fourth-order valence-corrected chi connectivity index (χ4v) is 5.26. The minimum atomic E-state index is -0.309. The predicted molar refractivity (Wildman–Crippen MR) is 125 cm³/mol. The number of rotatable bonds is 4. The minimum Gasteiger partial charge on any atom is -0.508 e. The summed E-state index contributed by atoms with van der Waals surface area (Å²) in [5.41, 5.74) is 2.15. The zero-order valence-electron chi connectivity index (χ0n) is 17.5. The Kier molecular flexibility index (Phi) is 5.49. The highest BCUT2D eigenvalue weighted by Gasteiger charge is 2.27. The predicted octanol–water partition coefficient (Wildman–Crippen LogP) is 4.07. The van der Waals surface area contributed by atoms with E-state index in [1.165, 1.54) is 33.1 Å². The molecule has 5 rings (SSSR count). The third-order valence-corrected chi connectivity index (χ3v) is 7.05. The second kappa shape index (κ2) is 8.59. The van der Waals surface area contributed by atoms with Crippen molar-refractivity contribution in [2.75, 3.05) is 13.1 Å². The van der Waals surface area contributed by atoms with E-state index in [0.29, 0.717) is 24.0 Å². The van der Waals surface area contributed by atoms with Crippen molar-refractivity contribution in [3.05, 3.63) is 98.9 Å². The standard InChI is InChI=1S/C25H23N3O3S/c29-20-8-6-18(7-9-20)19-10-12-27(13-11-19)23(30)22-15-26-25-28(24(22)31)16-21(32-25)14-17-4-2-1-3-5-17/h1-9,15-16,19,29H,10-14H2. The van der Waals surface area contributed by atoms with E-state index in [4.69, 9.17) is 0 Å². The molecule has 7 heteroatoms. The van der Waals surface area contributed by atoms with Crippen molar-refractivity contribution in [2.45, 2.75) is 25.2 Å². The van der Waals surface area contributed by atoms with E-state index in [0.717, 1.165) is 24.1 Å². The van der Waals surface area contributed by atoms with E-state index in [9.17, 15) is 14.7 Å². The van der Waals surface area contributed by atoms with Gasteiger partial charge < -0.3 is 10.0 Å². The summed E-state index contributed by atoms with van der Waals surface area (Å²) in [6.45, 7) is 1.19. The van der Waals surface area contributed by atoms with Crippen molar-refractivity contribution < 1.29 is 9.90 Å². The molecule has 2 aromatic carbocycles. The van der Waals surface area contributed by atoms with Crippen LogP contribution in [-0.2, 0) is 6.42 Å². The zero-order chi connectivity index (χ0) is 22.1. The molecule has 1 aliphatic rings. The number of thiazole rings is 1. The van der Waals surface area contributed by atoms with Crippen LogP contribution in [0.15, 0.2) is 71.8 Å². The molecule has 3 heterocycles. The molecule has 0 saturated carbocycles. The number of aromatic hydroxyl groups is 1. The first kappa shape index (κ1) is 20.5. The summed E-state index contributed by atoms with van der Waals surface area (Å²) in [6.07, 6.45) is 5.60. The molecule has 4 aromatic rings. The highest BCUT2D eigenvalue weighted by atomic mass is 32.1. The first-order valence-corrected chi connectivity index (χ1v) is 11.5. The third-order valence-electron chi connectivity index (χ3n) is 6.05. The van der Waals surface area contributed by atoms with Crippen LogP contribution >= 0.6 is 11.3 Å². The van der Waals surface area contributed by atoms with Crippen LogP contribution < -0.4 is 5.56 Å². The lowest BCUT2D eigenvalue weighted by Crippen LogP contribution is -2.40. The smallest absolute Gasteiger partial charge is 0.271 e. The molecule has 0 spiro atoms. The van der Waals surface area contributed by atoms with E-state index in [1.807, 2.05) is 30.3 Å². The summed E-state index contributed by atoms with van der Waals surface area (Å²) in [4.78, 5) is 33.9. The Hall–Kier alpha value is -3.45. The lowest BCUT2D eigenvalue weighted by molar-refractivity contribution is 0.0710. The molecule has 0 aliphatic carbocycles. The molecular formula is C25H23N3O3S. The lowest BCUT2D eigenvalue weighted by atomic mass is 9.89. The Morgan fingerprint density at radius 1 is 1.06 bits per heavy atom. The van der Waals surface area contributed by atoms with E-state index in [2.05, 4.69) is 17.1 Å². The summed E-state index contributed by atoms with van der Waals surface area (Å²) in [6, 6.07) is 17.3. The number of amides is 1. The fourth-order valence-electron chi connectivity index (χ4n) is 4.29. The number of carbonyl (C=O) groups excluding carboxylic acids is 1. The molecule has 0 radical (unpaired) electrons. The number of aromatic nitrogens is 2. The van der Waals surface area contributed by atoms with Gasteiger partial charge >= 0.3 is 0 Å². The molecule has 6 nitrogen and oxygen atoms in total. The number of hydrogen-bond donors (Lipinski definition) is 1. The highest BCUT2D eigenvalue weighted by molar-refractivity contribution is 7.17. The first-order valence-electron chi connectivity index (χ1n) is 10.7. The van der Waals surface area contributed by atoms with Crippen LogP contribution in [-0.4, -0.2) is 38.4 Å². The van der Waals surface area contributed by atoms with E-state index < -0.39 is 0 Å². The average Bonchev–Trinajstić information content (AvgIpc) is 3.24. The number of nitrogens with zero attached hydrogens (tertiary/aromatic N) is 3. The maximum atomic E-state index is 13.1. The van der Waals surface area contributed by atoms with Gasteiger partial charge in [0.15, 0.2) is 4.96 Å². The number of fused-ring (bicyclic) bond motifs is 1. The summed E-state index contributed by atoms with van der Waals surface area (Å²) in [7, 11) is 0. The van der Waals surface area contributed by atoms with E-state index in [-0.39, 0.29) is 22.8 Å². The summed E-state index contributed by atoms with van der Waals surface area (Å²) >= 11 is 1.47. The van der Waals surface area contributed by atoms with Crippen molar-refractivity contribution in [3.63, 3.8) is 0 Å². The fraction of sp³-hybridized carbons (Fsp3) is 0.240. The number of likely N-dealkylation sites (tertiary alicyclic amines) is 1. The second-order valence-electron chi connectivity index (χ2n) is 8.15. The molecule has 1 N–H and O–H groups in total. The Morgan fingerprint density at radius 3 is 2.50 bits per heavy atom. The number of phenolic OH excluding ortho intramolecular Hbond substituents is 1. The maximum absolute atomic E-state index is 13.1. The van der Waals surface area contributed by atoms with Crippen LogP contribution in [0.3, 0.4) is 0 Å². The molecular weight excluding hydrogens is 422 g/mol. The van der Waals surface area contributed by atoms with Crippen molar-refractivity contribution in [1.29, 1.82) is 0 Å². The van der Waals surface area contributed by atoms with Crippen molar-refractivity contribution in [2.24, 2.45) is 0 Å². The van der Waals surface area contributed by atoms with Crippen LogP contribution in [0.2, 0.25) is 0 Å². The average molecular weight is 446 g/mol. The maximum Gasteiger partial charge on any atom is 0.271 e. The van der Waals surface area contributed by atoms with Gasteiger partial charge in [0.1, 0.15) is 11.3 Å². The van der Waals surface area contributed by atoms with Gasteiger partial charge in [-0.05, 0) is 42.0 Å². The Bertz CT molecular complexity index is 1300. The first-order chi connectivity index (χ1) is 15.6. The molecule has 0 bridgehead atoms. The highest BCUT2D eigenvalue weighted by Crippen LogP contribution is 2.29. The van der Waals surface area contributed by atoms with Crippen LogP contribution in [0.5, 0.6) is 5.75 Å². The van der Waals surface area contributed by atoms with Crippen LogP contribution in [0.4, 0.5) is 0 Å². The topological polar surface area (TPSA) is 74.9 Å². The number of hydrogen-bond acceptors (Lipinski definition) is 5. The third kappa shape index (κ3) is 4.03. The van der Waals surface area contributed by atoms with Gasteiger partial charge in [-0.3, -0.25) is 14.0 Å². The summed E-state index contributed by atoms with van der Waals surface area (Å²) in [5, 5.41) is 9.48. The number of carbonyl (C=O) groups is 1. The van der Waals surface area contributed by atoms with Gasteiger partial charge in [0.2, 0.25) is 0 Å². The van der Waals surface area contributed by atoms with Crippen LogP contribution in [0.25, 0.3) is 4.96 Å². The molecule has 162 valence electrons. The normalized spacial score (nSPS) is 14.7. The zero-order valence-corrected chi connectivity index (χ0v) is 18.3. The second-order valence-corrected chi connectivity index (χ2v) is 9.24. The van der Waals surface area contributed by atoms with Gasteiger partial charge in [-0.1, -0.05) is 42.5 Å². The summed E-state index contributed by atoms with van der Waals surface area (Å²) < 4.78 is 1.50. The number of piperidine rings is 1. The molecule has 0 atom stereocenters. The van der Waals surface area contributed by atoms with Gasteiger partial charge in [-0.2, -0.15) is 0 Å². The Morgan fingerprint density at radius 2 is 1.78 bits per heavy atom. The summed E-state index contributed by atoms with van der Waals surface area (Å²) in [5.74, 6) is 0.348. The minimum absolute atomic E-state index is 0.120. The van der Waals surface area contributed by atoms with Crippen LogP contribution in [0.1, 0.15) is 45.1 Å². The Labute approximate surface area is 189 Å². The van der Waals surface area contributed by atoms with E-state index >= 15 is 0 Å². The molecule has 2 aromatic heterocycles.